The summed E-state index contributed by atoms with van der Waals surface area (Å²) < 4.78 is 5.83. The largest absolute Gasteiger partial charge is 0.507 e. The molecule has 3 aliphatic rings. The molecule has 0 spiro atoms. The molecule has 0 bridgehead atoms. The van der Waals surface area contributed by atoms with Gasteiger partial charge in [-0.25, -0.2) is 0 Å². The molecule has 0 saturated heterocycles. The van der Waals surface area contributed by atoms with Crippen molar-refractivity contribution in [2.24, 2.45) is 35.3 Å². The van der Waals surface area contributed by atoms with Gasteiger partial charge < -0.3 is 20.7 Å². The fourth-order valence-corrected chi connectivity index (χ4v) is 6.34. The Bertz CT molecular complexity index is 1240. The fourth-order valence-electron chi connectivity index (χ4n) is 6.34. The molecule has 2 saturated carbocycles. The van der Waals surface area contributed by atoms with Crippen LogP contribution in [-0.2, 0) is 28.7 Å². The normalized spacial score (nSPS) is 35.2. The highest BCUT2D eigenvalue weighted by Crippen LogP contribution is 2.55. The summed E-state index contributed by atoms with van der Waals surface area (Å²) in [6.45, 7) is 4.80. The molecule has 1 aromatic carbocycles. The summed E-state index contributed by atoms with van der Waals surface area (Å²) in [7, 11) is 2.91. The minimum absolute atomic E-state index is 0.129. The number of ketones is 4. The average molecular weight is 515 g/mol. The maximum absolute atomic E-state index is 14.0. The van der Waals surface area contributed by atoms with E-state index in [1.165, 1.54) is 31.1 Å². The number of esters is 1. The molecular formula is C26H30N2O9. The standard InChI is InChI=1S/C26H30N2O9/c1-9(2)25(35)37-21-13-10(3)11-7-6-8-12(29)14(11)19(30)15(13)22(32)26(36)17(21)18(28(4)5)20(31)16(23(26)33)24(27)34/h6-10,13,15-18,21,29,36H,1-5H3,(H2,27,34)/t10-,13+,15?,16?,17+,18?,21-,26-/m0/s1. The van der Waals surface area contributed by atoms with Crippen LogP contribution in [0.3, 0.4) is 0 Å². The van der Waals surface area contributed by atoms with Crippen molar-refractivity contribution in [1.82, 2.24) is 4.90 Å². The average Bonchev–Trinajstić information content (AvgIpc) is 2.80. The lowest BCUT2D eigenvalue weighted by Crippen LogP contribution is -2.78. The topological polar surface area (TPSA) is 181 Å². The third-order valence-electron chi connectivity index (χ3n) is 8.05. The number of hydrogen-bond donors (Lipinski definition) is 3. The van der Waals surface area contributed by atoms with Crippen LogP contribution in [0.5, 0.6) is 5.75 Å². The molecule has 0 radical (unpaired) electrons. The van der Waals surface area contributed by atoms with E-state index < -0.39 is 88.3 Å². The van der Waals surface area contributed by atoms with Gasteiger partial charge in [0.25, 0.3) is 0 Å². The zero-order chi connectivity index (χ0) is 27.7. The van der Waals surface area contributed by atoms with Gasteiger partial charge in [-0.3, -0.25) is 33.7 Å². The van der Waals surface area contributed by atoms with E-state index in [4.69, 9.17) is 10.5 Å². The monoisotopic (exact) mass is 514 g/mol. The zero-order valence-corrected chi connectivity index (χ0v) is 21.1. The van der Waals surface area contributed by atoms with E-state index in [-0.39, 0.29) is 11.3 Å². The first-order valence-electron chi connectivity index (χ1n) is 12.0. The Labute approximate surface area is 212 Å². The molecular weight excluding hydrogens is 484 g/mol. The zero-order valence-electron chi connectivity index (χ0n) is 21.1. The molecule has 198 valence electrons. The Balaban J connectivity index is 2.03. The molecule has 8 atom stereocenters. The number of benzene rings is 1. The summed E-state index contributed by atoms with van der Waals surface area (Å²) in [5, 5.41) is 22.3. The molecule has 4 N–H and O–H groups in total. The SMILES string of the molecule is CC(C)C(=O)O[C@H]1[C@H]2C(C(=O)c3c(O)cccc3[C@@H]2C)C(=O)[C@]2(O)C(=O)C(C(N)=O)C(=O)C(N(C)C)[C@H]12. The number of phenols is 1. The van der Waals surface area contributed by atoms with Crippen LogP contribution in [-0.4, -0.2) is 82.0 Å². The van der Waals surface area contributed by atoms with Crippen molar-refractivity contribution in [2.45, 2.75) is 44.4 Å². The van der Waals surface area contributed by atoms with Crippen LogP contribution in [0.15, 0.2) is 18.2 Å². The first-order valence-corrected chi connectivity index (χ1v) is 12.0. The van der Waals surface area contributed by atoms with Gasteiger partial charge in [-0.2, -0.15) is 0 Å². The molecule has 1 amide bonds. The molecule has 2 fully saturated rings. The summed E-state index contributed by atoms with van der Waals surface area (Å²) >= 11 is 0. The summed E-state index contributed by atoms with van der Waals surface area (Å²) in [6, 6.07) is 3.00. The van der Waals surface area contributed by atoms with Crippen molar-refractivity contribution in [3.05, 3.63) is 29.3 Å². The molecule has 4 rings (SSSR count). The number of nitrogens with zero attached hydrogens (tertiary/aromatic N) is 1. The lowest BCUT2D eigenvalue weighted by Gasteiger charge is -2.56. The quantitative estimate of drug-likeness (QED) is 0.353. The first-order chi connectivity index (χ1) is 17.2. The van der Waals surface area contributed by atoms with Gasteiger partial charge in [-0.1, -0.05) is 32.9 Å². The van der Waals surface area contributed by atoms with E-state index in [9.17, 15) is 39.0 Å². The van der Waals surface area contributed by atoms with E-state index in [0.29, 0.717) is 5.56 Å². The van der Waals surface area contributed by atoms with Crippen molar-refractivity contribution < 1.29 is 43.7 Å². The van der Waals surface area contributed by atoms with Crippen LogP contribution >= 0.6 is 0 Å². The highest BCUT2D eigenvalue weighted by atomic mass is 16.5. The van der Waals surface area contributed by atoms with Crippen LogP contribution in [0.4, 0.5) is 0 Å². The van der Waals surface area contributed by atoms with Gasteiger partial charge in [-0.05, 0) is 31.6 Å². The lowest BCUT2D eigenvalue weighted by atomic mass is 9.49. The van der Waals surface area contributed by atoms with E-state index in [2.05, 4.69) is 0 Å². The molecule has 0 heterocycles. The number of nitrogens with two attached hydrogens (primary N) is 1. The predicted molar refractivity (Wildman–Crippen MR) is 126 cm³/mol. The van der Waals surface area contributed by atoms with Crippen molar-refractivity contribution >= 4 is 35.0 Å². The highest BCUT2D eigenvalue weighted by molar-refractivity contribution is 6.32. The minimum atomic E-state index is -3.02. The van der Waals surface area contributed by atoms with Crippen molar-refractivity contribution in [1.29, 1.82) is 0 Å². The van der Waals surface area contributed by atoms with Gasteiger partial charge in [0, 0.05) is 5.92 Å². The Morgan fingerprint density at radius 1 is 1.11 bits per heavy atom. The van der Waals surface area contributed by atoms with E-state index in [1.807, 2.05) is 0 Å². The maximum Gasteiger partial charge on any atom is 0.308 e. The van der Waals surface area contributed by atoms with Crippen molar-refractivity contribution in [3.8, 4) is 5.75 Å². The highest BCUT2D eigenvalue weighted by Gasteiger charge is 2.74. The predicted octanol–water partition coefficient (Wildman–Crippen LogP) is -0.394. The van der Waals surface area contributed by atoms with Gasteiger partial charge in [0.05, 0.1) is 29.4 Å². The smallest absolute Gasteiger partial charge is 0.308 e. The number of fused-ring (bicyclic) bond motifs is 3. The number of ether oxygens (including phenoxy) is 1. The molecule has 3 unspecified atom stereocenters. The van der Waals surface area contributed by atoms with Gasteiger partial charge in [0.15, 0.2) is 34.7 Å². The Morgan fingerprint density at radius 3 is 2.27 bits per heavy atom. The van der Waals surface area contributed by atoms with Gasteiger partial charge in [0.1, 0.15) is 11.9 Å². The van der Waals surface area contributed by atoms with Crippen LogP contribution in [0, 0.1) is 29.6 Å². The second-order valence-electron chi connectivity index (χ2n) is 10.7. The van der Waals surface area contributed by atoms with Crippen molar-refractivity contribution in [3.63, 3.8) is 0 Å². The Kier molecular flexibility index (Phi) is 6.36. The number of carbonyl (C=O) groups excluding carboxylic acids is 6. The second-order valence-corrected chi connectivity index (χ2v) is 10.7. The lowest BCUT2D eigenvalue weighted by molar-refractivity contribution is -0.206. The molecule has 0 aliphatic heterocycles. The number of carbonyl (C=O) groups is 6. The van der Waals surface area contributed by atoms with Gasteiger partial charge >= 0.3 is 5.97 Å². The van der Waals surface area contributed by atoms with Crippen LogP contribution in [0.2, 0.25) is 0 Å². The molecule has 11 nitrogen and oxygen atoms in total. The van der Waals surface area contributed by atoms with Crippen LogP contribution < -0.4 is 5.73 Å². The molecule has 3 aliphatic carbocycles. The number of Topliss-reactive ketones (excluding diaryl/α,β-unsaturated/α-hetero) is 4. The third kappa shape index (κ3) is 3.55. The molecule has 37 heavy (non-hydrogen) atoms. The summed E-state index contributed by atoms with van der Waals surface area (Å²) in [5.74, 6) is -14.7. The van der Waals surface area contributed by atoms with E-state index in [1.54, 1.807) is 26.8 Å². The molecule has 0 aromatic heterocycles. The summed E-state index contributed by atoms with van der Waals surface area (Å²) in [4.78, 5) is 81.0. The van der Waals surface area contributed by atoms with Crippen LogP contribution in [0.1, 0.15) is 42.6 Å². The van der Waals surface area contributed by atoms with E-state index >= 15 is 0 Å². The third-order valence-corrected chi connectivity index (χ3v) is 8.05. The van der Waals surface area contributed by atoms with Gasteiger partial charge in [-0.15, -0.1) is 0 Å². The maximum atomic E-state index is 14.0. The molecule has 1 aromatic rings. The number of amides is 1. The summed E-state index contributed by atoms with van der Waals surface area (Å²) in [5.41, 5.74) is 2.60. The summed E-state index contributed by atoms with van der Waals surface area (Å²) in [6.07, 6.45) is -1.44. The number of likely N-dealkylation sites (N-methyl/N-ethyl adjacent to an activating group) is 1. The Hall–Kier alpha value is -3.44. The number of hydrogen-bond acceptors (Lipinski definition) is 10. The number of rotatable bonds is 4. The van der Waals surface area contributed by atoms with E-state index in [0.717, 1.165) is 0 Å². The first kappa shape index (κ1) is 26.6. The van der Waals surface area contributed by atoms with Crippen molar-refractivity contribution in [2.75, 3.05) is 14.1 Å². The number of phenolic OH excluding ortho intramolecular Hbond substituents is 1. The van der Waals surface area contributed by atoms with Crippen LogP contribution in [0.25, 0.3) is 0 Å². The number of aromatic hydroxyl groups is 1. The fraction of sp³-hybridized carbons (Fsp3) is 0.538. The second kappa shape index (κ2) is 8.84. The molecule has 11 heteroatoms. The Morgan fingerprint density at radius 2 is 1.73 bits per heavy atom. The number of primary amides is 1. The van der Waals surface area contributed by atoms with Gasteiger partial charge in [0.2, 0.25) is 5.91 Å². The minimum Gasteiger partial charge on any atom is -0.507 e. The number of aliphatic hydroxyl groups is 1.